The summed E-state index contributed by atoms with van der Waals surface area (Å²) in [6.45, 7) is 2.40. The molecular weight excluding hydrogens is 272 g/mol. The maximum absolute atomic E-state index is 11.8. The van der Waals surface area contributed by atoms with Crippen LogP contribution in [0.15, 0.2) is 41.2 Å². The molecular formula is C15H18N2O4. The van der Waals surface area contributed by atoms with Crippen LogP contribution in [0.25, 0.3) is 0 Å². The molecule has 0 aliphatic heterocycles. The molecule has 1 heterocycles. The van der Waals surface area contributed by atoms with Gasteiger partial charge in [0.1, 0.15) is 11.9 Å². The number of aliphatic hydroxyl groups is 1. The molecule has 6 heteroatoms. The van der Waals surface area contributed by atoms with Crippen molar-refractivity contribution >= 4 is 0 Å². The Kier molecular flexibility index (Phi) is 4.94. The van der Waals surface area contributed by atoms with Crippen LogP contribution in [0.5, 0.6) is 11.6 Å². The summed E-state index contributed by atoms with van der Waals surface area (Å²) in [5, 5.41) is 14.4. The average molecular weight is 290 g/mol. The van der Waals surface area contributed by atoms with E-state index in [2.05, 4.69) is 5.10 Å². The first-order chi connectivity index (χ1) is 10.2. The minimum atomic E-state index is -0.898. The van der Waals surface area contributed by atoms with Gasteiger partial charge in [-0.15, -0.1) is 5.10 Å². The maximum atomic E-state index is 11.8. The third kappa shape index (κ3) is 3.61. The van der Waals surface area contributed by atoms with Crippen LogP contribution < -0.4 is 15.0 Å². The van der Waals surface area contributed by atoms with Crippen molar-refractivity contribution in [2.24, 2.45) is 0 Å². The SMILES string of the molecule is CCOc1ccccc1C(O)Cn1nc(OC)ccc1=O. The molecule has 0 spiro atoms. The van der Waals surface area contributed by atoms with Crippen molar-refractivity contribution in [3.8, 4) is 11.6 Å². The van der Waals surface area contributed by atoms with E-state index in [9.17, 15) is 9.90 Å². The van der Waals surface area contributed by atoms with Gasteiger partial charge in [-0.3, -0.25) is 4.79 Å². The Morgan fingerprint density at radius 3 is 2.76 bits per heavy atom. The van der Waals surface area contributed by atoms with Crippen LogP contribution in [0.2, 0.25) is 0 Å². The van der Waals surface area contributed by atoms with Crippen LogP contribution in [0, 0.1) is 0 Å². The Labute approximate surface area is 122 Å². The largest absolute Gasteiger partial charge is 0.493 e. The average Bonchev–Trinajstić information content (AvgIpc) is 2.50. The van der Waals surface area contributed by atoms with Gasteiger partial charge in [-0.25, -0.2) is 4.68 Å². The Morgan fingerprint density at radius 2 is 2.05 bits per heavy atom. The first kappa shape index (κ1) is 15.1. The normalized spacial score (nSPS) is 12.0. The number of benzene rings is 1. The van der Waals surface area contributed by atoms with E-state index >= 15 is 0 Å². The highest BCUT2D eigenvalue weighted by molar-refractivity contribution is 5.35. The van der Waals surface area contributed by atoms with Gasteiger partial charge in [0.2, 0.25) is 5.88 Å². The van der Waals surface area contributed by atoms with Crippen molar-refractivity contribution < 1.29 is 14.6 Å². The molecule has 112 valence electrons. The number of hydrogen-bond donors (Lipinski definition) is 1. The van der Waals surface area contributed by atoms with Gasteiger partial charge in [0.15, 0.2) is 0 Å². The summed E-state index contributed by atoms with van der Waals surface area (Å²) in [5.41, 5.74) is 0.319. The van der Waals surface area contributed by atoms with Crippen LogP contribution in [0.4, 0.5) is 0 Å². The molecule has 0 saturated heterocycles. The molecule has 1 unspecified atom stereocenters. The fourth-order valence-corrected chi connectivity index (χ4v) is 1.97. The second-order valence-electron chi connectivity index (χ2n) is 4.38. The fourth-order valence-electron chi connectivity index (χ4n) is 1.97. The monoisotopic (exact) mass is 290 g/mol. The fraction of sp³-hybridized carbons (Fsp3) is 0.333. The molecule has 2 rings (SSSR count). The summed E-state index contributed by atoms with van der Waals surface area (Å²) in [4.78, 5) is 11.8. The number of ether oxygens (including phenoxy) is 2. The van der Waals surface area contributed by atoms with Gasteiger partial charge in [0.05, 0.1) is 20.3 Å². The smallest absolute Gasteiger partial charge is 0.267 e. The zero-order valence-corrected chi connectivity index (χ0v) is 12.0. The van der Waals surface area contributed by atoms with Crippen molar-refractivity contribution in [2.45, 2.75) is 19.6 Å². The van der Waals surface area contributed by atoms with E-state index in [1.165, 1.54) is 23.9 Å². The molecule has 2 aromatic rings. The molecule has 1 atom stereocenters. The highest BCUT2D eigenvalue weighted by Gasteiger charge is 2.15. The summed E-state index contributed by atoms with van der Waals surface area (Å²) in [5.74, 6) is 0.920. The van der Waals surface area contributed by atoms with E-state index in [1.807, 2.05) is 19.1 Å². The molecule has 0 amide bonds. The van der Waals surface area contributed by atoms with E-state index in [4.69, 9.17) is 9.47 Å². The van der Waals surface area contributed by atoms with Gasteiger partial charge >= 0.3 is 0 Å². The number of aliphatic hydroxyl groups excluding tert-OH is 1. The standard InChI is InChI=1S/C15H18N2O4/c1-3-21-13-7-5-4-6-11(13)12(18)10-17-15(19)9-8-14(16-17)20-2/h4-9,12,18H,3,10H2,1-2H3. The summed E-state index contributed by atoms with van der Waals surface area (Å²) >= 11 is 0. The Bertz CT molecular complexity index is 654. The Morgan fingerprint density at radius 1 is 1.29 bits per heavy atom. The van der Waals surface area contributed by atoms with Crippen molar-refractivity contribution in [2.75, 3.05) is 13.7 Å². The van der Waals surface area contributed by atoms with Crippen LogP contribution in [-0.2, 0) is 6.54 Å². The number of aromatic nitrogens is 2. The van der Waals surface area contributed by atoms with Crippen molar-refractivity contribution in [1.82, 2.24) is 9.78 Å². The first-order valence-corrected chi connectivity index (χ1v) is 6.67. The molecule has 0 fully saturated rings. The number of nitrogens with zero attached hydrogens (tertiary/aromatic N) is 2. The zero-order valence-electron chi connectivity index (χ0n) is 12.0. The van der Waals surface area contributed by atoms with Crippen LogP contribution >= 0.6 is 0 Å². The molecule has 0 aliphatic carbocycles. The predicted molar refractivity (Wildman–Crippen MR) is 77.6 cm³/mol. The Hall–Kier alpha value is -2.34. The lowest BCUT2D eigenvalue weighted by Crippen LogP contribution is -2.25. The quantitative estimate of drug-likeness (QED) is 0.870. The number of hydrogen-bond acceptors (Lipinski definition) is 5. The van der Waals surface area contributed by atoms with E-state index in [0.717, 1.165) is 0 Å². The van der Waals surface area contributed by atoms with E-state index < -0.39 is 6.10 Å². The number of para-hydroxylation sites is 1. The van der Waals surface area contributed by atoms with Gasteiger partial charge in [0, 0.05) is 17.7 Å². The predicted octanol–water partition coefficient (Wildman–Crippen LogP) is 1.38. The van der Waals surface area contributed by atoms with Crippen molar-refractivity contribution in [3.05, 3.63) is 52.3 Å². The van der Waals surface area contributed by atoms with Crippen LogP contribution in [-0.4, -0.2) is 28.6 Å². The lowest BCUT2D eigenvalue weighted by atomic mass is 10.1. The minimum Gasteiger partial charge on any atom is -0.493 e. The Balaban J connectivity index is 2.26. The lowest BCUT2D eigenvalue weighted by Gasteiger charge is -2.16. The van der Waals surface area contributed by atoms with Gasteiger partial charge in [-0.05, 0) is 13.0 Å². The molecule has 0 bridgehead atoms. The maximum Gasteiger partial charge on any atom is 0.267 e. The summed E-state index contributed by atoms with van der Waals surface area (Å²) in [7, 11) is 1.47. The van der Waals surface area contributed by atoms with E-state index in [-0.39, 0.29) is 12.1 Å². The number of methoxy groups -OCH3 is 1. The third-order valence-electron chi connectivity index (χ3n) is 2.98. The second-order valence-corrected chi connectivity index (χ2v) is 4.38. The molecule has 0 aliphatic rings. The van der Waals surface area contributed by atoms with Crippen molar-refractivity contribution in [1.29, 1.82) is 0 Å². The minimum absolute atomic E-state index is 0.0279. The van der Waals surface area contributed by atoms with Gasteiger partial charge < -0.3 is 14.6 Å². The lowest BCUT2D eigenvalue weighted by molar-refractivity contribution is 0.143. The molecule has 21 heavy (non-hydrogen) atoms. The first-order valence-electron chi connectivity index (χ1n) is 6.67. The van der Waals surface area contributed by atoms with Gasteiger partial charge in [-0.1, -0.05) is 18.2 Å². The van der Waals surface area contributed by atoms with E-state index in [0.29, 0.717) is 23.8 Å². The molecule has 1 N–H and O–H groups in total. The van der Waals surface area contributed by atoms with Crippen LogP contribution in [0.1, 0.15) is 18.6 Å². The topological polar surface area (TPSA) is 73.6 Å². The molecule has 1 aromatic carbocycles. The molecule has 0 radical (unpaired) electrons. The molecule has 1 aromatic heterocycles. The van der Waals surface area contributed by atoms with Crippen LogP contribution in [0.3, 0.4) is 0 Å². The number of rotatable bonds is 6. The molecule has 0 saturated carbocycles. The highest BCUT2D eigenvalue weighted by Crippen LogP contribution is 2.25. The third-order valence-corrected chi connectivity index (χ3v) is 2.98. The molecule has 6 nitrogen and oxygen atoms in total. The summed E-state index contributed by atoms with van der Waals surface area (Å²) in [6.07, 6.45) is -0.898. The van der Waals surface area contributed by atoms with Crippen molar-refractivity contribution in [3.63, 3.8) is 0 Å². The summed E-state index contributed by atoms with van der Waals surface area (Å²) in [6, 6.07) is 10.0. The van der Waals surface area contributed by atoms with Gasteiger partial charge in [-0.2, -0.15) is 0 Å². The zero-order chi connectivity index (χ0) is 15.2. The van der Waals surface area contributed by atoms with E-state index in [1.54, 1.807) is 12.1 Å². The second kappa shape index (κ2) is 6.90. The van der Waals surface area contributed by atoms with Gasteiger partial charge in [0.25, 0.3) is 5.56 Å². The highest BCUT2D eigenvalue weighted by atomic mass is 16.5. The summed E-state index contributed by atoms with van der Waals surface area (Å²) < 4.78 is 11.6.